The highest BCUT2D eigenvalue weighted by atomic mass is 28.4. The van der Waals surface area contributed by atoms with Gasteiger partial charge in [-0.05, 0) is 46.5 Å². The maximum Gasteiger partial charge on any atom is 0.337 e. The fourth-order valence-corrected chi connectivity index (χ4v) is 4.75. The van der Waals surface area contributed by atoms with E-state index >= 15 is 0 Å². The van der Waals surface area contributed by atoms with E-state index in [-0.39, 0.29) is 0 Å². The molecule has 0 atom stereocenters. The Morgan fingerprint density at radius 2 is 1.56 bits per heavy atom. The van der Waals surface area contributed by atoms with E-state index < -0.39 is 8.56 Å². The second-order valence-corrected chi connectivity index (χ2v) is 8.26. The number of ether oxygens (including phenoxy) is 1. The molecular weight excluding hydrogens is 246 g/mol. The van der Waals surface area contributed by atoms with E-state index in [1.165, 1.54) is 0 Å². The van der Waals surface area contributed by atoms with Crippen LogP contribution in [0.1, 0.15) is 27.2 Å². The average molecular weight is 277 g/mol. The lowest BCUT2D eigenvalue weighted by atomic mass is 10.5. The zero-order valence-electron chi connectivity index (χ0n) is 12.8. The van der Waals surface area contributed by atoms with E-state index in [0.717, 1.165) is 51.5 Å². The summed E-state index contributed by atoms with van der Waals surface area (Å²) in [6.07, 6.45) is 1.04. The van der Waals surface area contributed by atoms with Crippen LogP contribution in [-0.2, 0) is 13.6 Å². The quantitative estimate of drug-likeness (QED) is 0.405. The first-order chi connectivity index (χ1) is 8.60. The van der Waals surface area contributed by atoms with Crippen LogP contribution in [0.2, 0.25) is 12.1 Å². The lowest BCUT2D eigenvalue weighted by Gasteiger charge is -2.28. The fourth-order valence-electron chi connectivity index (χ4n) is 1.89. The number of hydrogen-bond donors (Lipinski definition) is 0. The van der Waals surface area contributed by atoms with Gasteiger partial charge in [0.1, 0.15) is 0 Å². The molecule has 0 spiro atoms. The Bertz CT molecular complexity index is 185. The van der Waals surface area contributed by atoms with Crippen molar-refractivity contribution in [3.05, 3.63) is 0 Å². The molecule has 0 saturated heterocycles. The summed E-state index contributed by atoms with van der Waals surface area (Å²) in [6.45, 7) is 10.4. The predicted molar refractivity (Wildman–Crippen MR) is 78.3 cm³/mol. The van der Waals surface area contributed by atoms with Crippen LogP contribution in [0.15, 0.2) is 0 Å². The normalized spacial score (nSPS) is 12.3. The molecule has 0 fully saturated rings. The van der Waals surface area contributed by atoms with Crippen LogP contribution in [0.3, 0.4) is 0 Å². The van der Waals surface area contributed by atoms with Crippen molar-refractivity contribution in [1.29, 1.82) is 0 Å². The molecule has 0 aliphatic rings. The third-order valence-electron chi connectivity index (χ3n) is 2.88. The zero-order chi connectivity index (χ0) is 13.9. The van der Waals surface area contributed by atoms with Crippen molar-refractivity contribution in [3.8, 4) is 0 Å². The van der Waals surface area contributed by atoms with Gasteiger partial charge in [-0.15, -0.1) is 0 Å². The summed E-state index contributed by atoms with van der Waals surface area (Å²) in [5.41, 5.74) is 0. The van der Waals surface area contributed by atoms with Gasteiger partial charge < -0.3 is 18.5 Å². The lowest BCUT2D eigenvalue weighted by Crippen LogP contribution is -2.41. The Hall–Kier alpha value is 0.0569. The van der Waals surface area contributed by atoms with Gasteiger partial charge >= 0.3 is 8.56 Å². The predicted octanol–water partition coefficient (Wildman–Crippen LogP) is 2.49. The Morgan fingerprint density at radius 3 is 2.00 bits per heavy atom. The Kier molecular flexibility index (Phi) is 11.0. The van der Waals surface area contributed by atoms with Gasteiger partial charge in [-0.2, -0.15) is 0 Å². The van der Waals surface area contributed by atoms with Crippen molar-refractivity contribution in [2.24, 2.45) is 0 Å². The van der Waals surface area contributed by atoms with E-state index in [1.54, 1.807) is 0 Å². The van der Waals surface area contributed by atoms with Crippen LogP contribution in [0.4, 0.5) is 0 Å². The van der Waals surface area contributed by atoms with Gasteiger partial charge in [0.05, 0.1) is 6.61 Å². The average Bonchev–Trinajstić information content (AvgIpc) is 2.33. The van der Waals surface area contributed by atoms with Crippen LogP contribution in [-0.4, -0.2) is 60.5 Å². The molecule has 0 aliphatic heterocycles. The molecule has 0 aliphatic carbocycles. The number of hydrogen-bond acceptors (Lipinski definition) is 4. The van der Waals surface area contributed by atoms with Crippen LogP contribution >= 0.6 is 0 Å². The summed E-state index contributed by atoms with van der Waals surface area (Å²) in [5, 5.41) is 0. The number of rotatable bonds is 12. The maximum absolute atomic E-state index is 5.92. The highest BCUT2D eigenvalue weighted by molar-refractivity contribution is 6.67. The molecule has 0 aromatic heterocycles. The molecular formula is C13H31NO3Si. The SMILES string of the molecule is CCO[Si](CC)(CCCOCCN(C)C)OCC. The molecule has 0 aromatic carbocycles. The van der Waals surface area contributed by atoms with E-state index in [0.29, 0.717) is 0 Å². The molecule has 4 nitrogen and oxygen atoms in total. The fraction of sp³-hybridized carbons (Fsp3) is 1.00. The van der Waals surface area contributed by atoms with Gasteiger partial charge in [-0.3, -0.25) is 0 Å². The van der Waals surface area contributed by atoms with Crippen molar-refractivity contribution in [1.82, 2.24) is 4.90 Å². The smallest absolute Gasteiger partial charge is 0.337 e. The molecule has 0 radical (unpaired) electrons. The standard InChI is InChI=1S/C13H31NO3Si/c1-6-16-18(8-3,17-7-2)13-9-11-15-12-10-14(4)5/h6-13H2,1-5H3. The highest BCUT2D eigenvalue weighted by Gasteiger charge is 2.34. The van der Waals surface area contributed by atoms with Crippen LogP contribution in [0.5, 0.6) is 0 Å². The van der Waals surface area contributed by atoms with E-state index in [1.807, 2.05) is 13.8 Å². The molecule has 0 saturated carbocycles. The first-order valence-corrected chi connectivity index (χ1v) is 9.33. The molecule has 0 amide bonds. The molecule has 110 valence electrons. The van der Waals surface area contributed by atoms with E-state index in [9.17, 15) is 0 Å². The maximum atomic E-state index is 5.92. The monoisotopic (exact) mass is 277 g/mol. The first-order valence-electron chi connectivity index (χ1n) is 7.10. The van der Waals surface area contributed by atoms with Gasteiger partial charge in [0.15, 0.2) is 0 Å². The second-order valence-electron chi connectivity index (χ2n) is 4.65. The van der Waals surface area contributed by atoms with Gasteiger partial charge in [0, 0.05) is 26.4 Å². The molecule has 18 heavy (non-hydrogen) atoms. The van der Waals surface area contributed by atoms with Gasteiger partial charge in [0.2, 0.25) is 0 Å². The third-order valence-corrected chi connectivity index (χ3v) is 6.70. The van der Waals surface area contributed by atoms with Gasteiger partial charge in [-0.1, -0.05) is 6.92 Å². The minimum atomic E-state index is -1.94. The van der Waals surface area contributed by atoms with Crippen molar-refractivity contribution >= 4 is 8.56 Å². The summed E-state index contributed by atoms with van der Waals surface area (Å²) in [4.78, 5) is 2.13. The molecule has 0 unspecified atom stereocenters. The highest BCUT2D eigenvalue weighted by Crippen LogP contribution is 2.20. The van der Waals surface area contributed by atoms with Crippen LogP contribution in [0.25, 0.3) is 0 Å². The van der Waals surface area contributed by atoms with Crippen molar-refractivity contribution in [2.75, 3.05) is 47.1 Å². The molecule has 0 aromatic rings. The second kappa shape index (κ2) is 10.9. The van der Waals surface area contributed by atoms with Crippen molar-refractivity contribution < 1.29 is 13.6 Å². The molecule has 0 N–H and O–H groups in total. The largest absolute Gasteiger partial charge is 0.394 e. The van der Waals surface area contributed by atoms with Gasteiger partial charge in [0.25, 0.3) is 0 Å². The molecule has 0 heterocycles. The number of likely N-dealkylation sites (N-methyl/N-ethyl adjacent to an activating group) is 1. The minimum Gasteiger partial charge on any atom is -0.394 e. The number of nitrogens with zero attached hydrogens (tertiary/aromatic N) is 1. The third kappa shape index (κ3) is 8.21. The Morgan fingerprint density at radius 1 is 0.944 bits per heavy atom. The molecule has 0 bridgehead atoms. The van der Waals surface area contributed by atoms with Crippen LogP contribution in [0, 0.1) is 0 Å². The lowest BCUT2D eigenvalue weighted by molar-refractivity contribution is 0.114. The molecule has 0 rings (SSSR count). The summed E-state index contributed by atoms with van der Waals surface area (Å²) < 4.78 is 17.4. The summed E-state index contributed by atoms with van der Waals surface area (Å²) >= 11 is 0. The van der Waals surface area contributed by atoms with Crippen molar-refractivity contribution in [3.63, 3.8) is 0 Å². The Labute approximate surface area is 114 Å². The van der Waals surface area contributed by atoms with E-state index in [2.05, 4.69) is 25.9 Å². The molecule has 5 heteroatoms. The van der Waals surface area contributed by atoms with Crippen molar-refractivity contribution in [2.45, 2.75) is 39.3 Å². The van der Waals surface area contributed by atoms with E-state index in [4.69, 9.17) is 13.6 Å². The topological polar surface area (TPSA) is 30.9 Å². The summed E-state index contributed by atoms with van der Waals surface area (Å²) in [5.74, 6) is 0. The first kappa shape index (κ1) is 18.1. The van der Waals surface area contributed by atoms with Gasteiger partial charge in [-0.25, -0.2) is 0 Å². The Balaban J connectivity index is 3.81. The summed E-state index contributed by atoms with van der Waals surface area (Å²) in [6, 6.07) is 2.06. The van der Waals surface area contributed by atoms with Crippen LogP contribution < -0.4 is 0 Å². The minimum absolute atomic E-state index is 0.752. The zero-order valence-corrected chi connectivity index (χ0v) is 13.8. The summed E-state index contributed by atoms with van der Waals surface area (Å²) in [7, 11) is 2.17.